The molecule has 1 rings (SSSR count). The normalized spacial score (nSPS) is 17.5. The number of hydrazine groups is 1. The molecule has 0 unspecified atom stereocenters. The van der Waals surface area contributed by atoms with Crippen molar-refractivity contribution in [3.05, 3.63) is 0 Å². The first-order valence-electron chi connectivity index (χ1n) is 6.62. The quantitative estimate of drug-likeness (QED) is 0.739. The maximum Gasteiger partial charge on any atom is 0.332 e. The van der Waals surface area contributed by atoms with Gasteiger partial charge in [-0.15, -0.1) is 0 Å². The molecule has 7 heteroatoms. The van der Waals surface area contributed by atoms with Crippen molar-refractivity contribution in [3.8, 4) is 0 Å². The Kier molecular flexibility index (Phi) is 6.04. The lowest BCUT2D eigenvalue weighted by molar-refractivity contribution is -0.137. The number of carboxylic acids is 1. The smallest absolute Gasteiger partial charge is 0.332 e. The average Bonchev–Trinajstić information content (AvgIpc) is 2.31. The highest BCUT2D eigenvalue weighted by Crippen LogP contribution is 2.03. The largest absolute Gasteiger partial charge is 0.481 e. The van der Waals surface area contributed by atoms with E-state index in [9.17, 15) is 9.59 Å². The molecule has 0 aromatic rings. The van der Waals surface area contributed by atoms with E-state index in [2.05, 4.69) is 10.3 Å². The number of carboxylic acid groups (broad SMARTS) is 1. The summed E-state index contributed by atoms with van der Waals surface area (Å²) in [5, 5.41) is 10.6. The molecule has 110 valence electrons. The van der Waals surface area contributed by atoms with E-state index in [1.165, 1.54) is 0 Å². The molecule has 0 aliphatic carbocycles. The summed E-state index contributed by atoms with van der Waals surface area (Å²) in [6, 6.07) is -0.243. The number of carbonyl (C=O) groups excluding carboxylic acids is 1. The van der Waals surface area contributed by atoms with Gasteiger partial charge in [0.25, 0.3) is 0 Å². The zero-order valence-corrected chi connectivity index (χ0v) is 11.9. The first-order chi connectivity index (χ1) is 8.90. The Hall–Kier alpha value is -1.34. The number of piperazine rings is 1. The van der Waals surface area contributed by atoms with Crippen LogP contribution in [0.2, 0.25) is 0 Å². The predicted octanol–water partition coefficient (Wildman–Crippen LogP) is 0.0435. The van der Waals surface area contributed by atoms with Gasteiger partial charge in [0.1, 0.15) is 0 Å². The number of nitrogens with zero attached hydrogens (tertiary/aromatic N) is 3. The molecule has 1 fully saturated rings. The van der Waals surface area contributed by atoms with Crippen LogP contribution in [0, 0.1) is 0 Å². The van der Waals surface area contributed by atoms with Crippen LogP contribution in [0.25, 0.3) is 0 Å². The van der Waals surface area contributed by atoms with E-state index in [0.717, 1.165) is 26.2 Å². The van der Waals surface area contributed by atoms with E-state index in [1.807, 2.05) is 25.9 Å². The fourth-order valence-electron chi connectivity index (χ4n) is 1.93. The number of hydrogen-bond donors (Lipinski definition) is 2. The van der Waals surface area contributed by atoms with E-state index in [4.69, 9.17) is 5.11 Å². The predicted molar refractivity (Wildman–Crippen MR) is 71.7 cm³/mol. The number of urea groups is 1. The van der Waals surface area contributed by atoms with Crippen molar-refractivity contribution in [3.63, 3.8) is 0 Å². The standard InChI is InChI=1S/C12H24N4O3/c1-10(2)16(5-4-11(17)18)12(19)13-15-8-6-14(3)7-9-15/h10H,4-9H2,1-3H3,(H,13,19)(H,17,18). The van der Waals surface area contributed by atoms with Gasteiger partial charge in [-0.3, -0.25) is 10.2 Å². The molecule has 0 saturated carbocycles. The maximum atomic E-state index is 12.1. The lowest BCUT2D eigenvalue weighted by Gasteiger charge is -2.35. The van der Waals surface area contributed by atoms with Gasteiger partial charge in [0.2, 0.25) is 0 Å². The number of rotatable bonds is 5. The maximum absolute atomic E-state index is 12.1. The van der Waals surface area contributed by atoms with Crippen LogP contribution < -0.4 is 5.43 Å². The number of likely N-dealkylation sites (N-methyl/N-ethyl adjacent to an activating group) is 1. The highest BCUT2D eigenvalue weighted by Gasteiger charge is 2.21. The van der Waals surface area contributed by atoms with Crippen molar-refractivity contribution in [1.82, 2.24) is 20.2 Å². The molecule has 19 heavy (non-hydrogen) atoms. The van der Waals surface area contributed by atoms with Crippen LogP contribution in [0.15, 0.2) is 0 Å². The molecular formula is C12H24N4O3. The van der Waals surface area contributed by atoms with Gasteiger partial charge in [-0.25, -0.2) is 9.80 Å². The summed E-state index contributed by atoms with van der Waals surface area (Å²) in [6.45, 7) is 7.39. The van der Waals surface area contributed by atoms with Crippen molar-refractivity contribution in [2.75, 3.05) is 39.8 Å². The summed E-state index contributed by atoms with van der Waals surface area (Å²) >= 11 is 0. The Morgan fingerprint density at radius 3 is 2.32 bits per heavy atom. The number of amides is 2. The second-order valence-electron chi connectivity index (χ2n) is 5.14. The van der Waals surface area contributed by atoms with Crippen LogP contribution in [-0.4, -0.2) is 77.7 Å². The molecule has 0 aromatic heterocycles. The molecule has 1 aliphatic heterocycles. The van der Waals surface area contributed by atoms with Gasteiger partial charge in [-0.05, 0) is 20.9 Å². The monoisotopic (exact) mass is 272 g/mol. The van der Waals surface area contributed by atoms with Crippen molar-refractivity contribution in [1.29, 1.82) is 0 Å². The third-order valence-corrected chi connectivity index (χ3v) is 3.21. The Balaban J connectivity index is 2.45. The van der Waals surface area contributed by atoms with Crippen LogP contribution in [0.3, 0.4) is 0 Å². The minimum Gasteiger partial charge on any atom is -0.481 e. The van der Waals surface area contributed by atoms with Crippen molar-refractivity contribution in [2.24, 2.45) is 0 Å². The molecule has 1 saturated heterocycles. The summed E-state index contributed by atoms with van der Waals surface area (Å²) in [7, 11) is 2.05. The second-order valence-corrected chi connectivity index (χ2v) is 5.14. The second kappa shape index (κ2) is 7.30. The number of nitrogens with one attached hydrogen (secondary N) is 1. The van der Waals surface area contributed by atoms with E-state index in [0.29, 0.717) is 0 Å². The van der Waals surface area contributed by atoms with Crippen molar-refractivity contribution in [2.45, 2.75) is 26.3 Å². The number of aliphatic carboxylic acids is 1. The molecule has 0 aromatic carbocycles. The average molecular weight is 272 g/mol. The van der Waals surface area contributed by atoms with Crippen LogP contribution in [-0.2, 0) is 4.79 Å². The van der Waals surface area contributed by atoms with Crippen LogP contribution in [0.5, 0.6) is 0 Å². The van der Waals surface area contributed by atoms with Gasteiger partial charge in [0, 0.05) is 38.8 Å². The van der Waals surface area contributed by atoms with Crippen LogP contribution >= 0.6 is 0 Å². The highest BCUT2D eigenvalue weighted by molar-refractivity contribution is 5.75. The van der Waals surface area contributed by atoms with Gasteiger partial charge >= 0.3 is 12.0 Å². The minimum absolute atomic E-state index is 0.0215. The summed E-state index contributed by atoms with van der Waals surface area (Å²) in [6.07, 6.45) is -0.0334. The SMILES string of the molecule is CC(C)N(CCC(=O)O)C(=O)NN1CCN(C)CC1. The zero-order valence-electron chi connectivity index (χ0n) is 11.9. The molecule has 2 amide bonds. The number of hydrogen-bond acceptors (Lipinski definition) is 4. The Morgan fingerprint density at radius 2 is 1.84 bits per heavy atom. The Bertz CT molecular complexity index is 314. The third kappa shape index (κ3) is 5.44. The lowest BCUT2D eigenvalue weighted by Crippen LogP contribution is -2.56. The number of carbonyl (C=O) groups is 2. The first-order valence-corrected chi connectivity index (χ1v) is 6.62. The Labute approximate surface area is 114 Å². The Morgan fingerprint density at radius 1 is 1.26 bits per heavy atom. The van der Waals surface area contributed by atoms with Gasteiger partial charge in [0.15, 0.2) is 0 Å². The topological polar surface area (TPSA) is 76.1 Å². The molecule has 7 nitrogen and oxygen atoms in total. The fraction of sp³-hybridized carbons (Fsp3) is 0.833. The van der Waals surface area contributed by atoms with E-state index < -0.39 is 5.97 Å². The third-order valence-electron chi connectivity index (χ3n) is 3.21. The van der Waals surface area contributed by atoms with Gasteiger partial charge < -0.3 is 14.9 Å². The molecule has 0 spiro atoms. The summed E-state index contributed by atoms with van der Waals surface area (Å²) in [4.78, 5) is 26.5. The van der Waals surface area contributed by atoms with E-state index in [1.54, 1.807) is 4.90 Å². The van der Waals surface area contributed by atoms with Gasteiger partial charge in [-0.2, -0.15) is 0 Å². The summed E-state index contributed by atoms with van der Waals surface area (Å²) in [5.74, 6) is -0.891. The van der Waals surface area contributed by atoms with Crippen molar-refractivity contribution >= 4 is 12.0 Å². The molecule has 0 bridgehead atoms. The molecule has 1 aliphatic rings. The van der Waals surface area contributed by atoms with Gasteiger partial charge in [-0.1, -0.05) is 0 Å². The van der Waals surface area contributed by atoms with Crippen LogP contribution in [0.1, 0.15) is 20.3 Å². The molecule has 0 radical (unpaired) electrons. The summed E-state index contributed by atoms with van der Waals surface area (Å²) < 4.78 is 0. The molecular weight excluding hydrogens is 248 g/mol. The highest BCUT2D eigenvalue weighted by atomic mass is 16.4. The first kappa shape index (κ1) is 15.7. The zero-order chi connectivity index (χ0) is 14.4. The summed E-state index contributed by atoms with van der Waals surface area (Å²) in [5.41, 5.74) is 2.85. The molecule has 0 atom stereocenters. The lowest BCUT2D eigenvalue weighted by atomic mass is 10.3. The fourth-order valence-corrected chi connectivity index (χ4v) is 1.93. The molecule has 2 N–H and O–H groups in total. The molecule has 1 heterocycles. The van der Waals surface area contributed by atoms with E-state index >= 15 is 0 Å². The van der Waals surface area contributed by atoms with Crippen LogP contribution in [0.4, 0.5) is 4.79 Å². The van der Waals surface area contributed by atoms with E-state index in [-0.39, 0.29) is 25.0 Å². The van der Waals surface area contributed by atoms with Gasteiger partial charge in [0.05, 0.1) is 6.42 Å². The minimum atomic E-state index is -0.891. The van der Waals surface area contributed by atoms with Crippen molar-refractivity contribution < 1.29 is 14.7 Å².